The van der Waals surface area contributed by atoms with E-state index in [-0.39, 0.29) is 13.1 Å². The summed E-state index contributed by atoms with van der Waals surface area (Å²) >= 11 is 0. The molecule has 0 radical (unpaired) electrons. The van der Waals surface area contributed by atoms with Gasteiger partial charge in [0.15, 0.2) is 0 Å². The highest BCUT2D eigenvalue weighted by atomic mass is 32.2. The summed E-state index contributed by atoms with van der Waals surface area (Å²) in [6.07, 6.45) is -3.49. The van der Waals surface area contributed by atoms with Crippen LogP contribution in [0.1, 0.15) is 11.1 Å². The van der Waals surface area contributed by atoms with Crippen molar-refractivity contribution in [2.45, 2.75) is 17.6 Å². The third kappa shape index (κ3) is 6.13. The number of carbonyl (C=O) groups excluding carboxylic acids is 1. The van der Waals surface area contributed by atoms with E-state index in [0.717, 1.165) is 22.5 Å². The number of nitrogens with one attached hydrogen (secondary N) is 1. The lowest BCUT2D eigenvalue weighted by Crippen LogP contribution is -2.40. The second-order valence-electron chi connectivity index (χ2n) is 6.02. The molecule has 5 nitrogen and oxygen atoms in total. The van der Waals surface area contributed by atoms with E-state index in [1.807, 2.05) is 0 Å². The number of alkyl halides is 3. The molecule has 0 unspecified atom stereocenters. The fraction of sp³-hybridized carbons (Fsp3) is 0.211. The Balaban J connectivity index is 2.15. The molecule has 29 heavy (non-hydrogen) atoms. The zero-order chi connectivity index (χ0) is 21.7. The van der Waals surface area contributed by atoms with Gasteiger partial charge in [0.25, 0.3) is 0 Å². The Bertz CT molecular complexity index is 974. The number of amides is 1. The molecule has 0 bridgehead atoms. The number of nitrogens with zero attached hydrogens (tertiary/aromatic N) is 1. The first-order valence-corrected chi connectivity index (χ1v) is 9.77. The minimum Gasteiger partial charge on any atom is -0.351 e. The van der Waals surface area contributed by atoms with Gasteiger partial charge in [0.1, 0.15) is 5.82 Å². The summed E-state index contributed by atoms with van der Waals surface area (Å²) in [5.74, 6) is -1.11. The molecule has 0 fully saturated rings. The molecule has 0 atom stereocenters. The standard InChI is InChI=1S/C19H18F4N2O3S/c1-2-10-25(13-18(26)24-12-14-6-8-16(20)9-7-14)29(27,28)17-5-3-4-15(11-17)19(21,22)23/h2-9,11H,1,10,12-13H2,(H,24,26). The van der Waals surface area contributed by atoms with Crippen LogP contribution in [0.4, 0.5) is 17.6 Å². The topological polar surface area (TPSA) is 66.5 Å². The van der Waals surface area contributed by atoms with Crippen molar-refractivity contribution in [1.29, 1.82) is 0 Å². The van der Waals surface area contributed by atoms with Crippen LogP contribution in [0.15, 0.2) is 66.1 Å². The maximum absolute atomic E-state index is 12.9. The van der Waals surface area contributed by atoms with Gasteiger partial charge in [-0.15, -0.1) is 6.58 Å². The van der Waals surface area contributed by atoms with Gasteiger partial charge in [-0.05, 0) is 35.9 Å². The second kappa shape index (κ2) is 9.19. The first kappa shape index (κ1) is 22.6. The molecule has 1 N–H and O–H groups in total. The predicted octanol–water partition coefficient (Wildman–Crippen LogP) is 3.34. The molecule has 2 aromatic rings. The third-order valence-corrected chi connectivity index (χ3v) is 5.66. The van der Waals surface area contributed by atoms with Crippen LogP contribution in [0.25, 0.3) is 0 Å². The zero-order valence-electron chi connectivity index (χ0n) is 15.1. The van der Waals surface area contributed by atoms with Crippen LogP contribution in [-0.2, 0) is 27.5 Å². The maximum Gasteiger partial charge on any atom is 0.416 e. The van der Waals surface area contributed by atoms with Crippen molar-refractivity contribution >= 4 is 15.9 Å². The average Bonchev–Trinajstić information content (AvgIpc) is 2.66. The van der Waals surface area contributed by atoms with Gasteiger partial charge in [-0.1, -0.05) is 24.3 Å². The Morgan fingerprint density at radius 1 is 1.14 bits per heavy atom. The van der Waals surface area contributed by atoms with Crippen LogP contribution >= 0.6 is 0 Å². The number of hydrogen-bond donors (Lipinski definition) is 1. The number of sulfonamides is 1. The first-order chi connectivity index (χ1) is 13.5. The molecule has 0 saturated heterocycles. The highest BCUT2D eigenvalue weighted by Crippen LogP contribution is 2.31. The van der Waals surface area contributed by atoms with Crippen LogP contribution in [-0.4, -0.2) is 31.7 Å². The molecule has 2 rings (SSSR count). The van der Waals surface area contributed by atoms with Crippen LogP contribution < -0.4 is 5.32 Å². The monoisotopic (exact) mass is 430 g/mol. The van der Waals surface area contributed by atoms with E-state index in [1.54, 1.807) is 0 Å². The molecule has 0 aliphatic heterocycles. The summed E-state index contributed by atoms with van der Waals surface area (Å²) in [5, 5.41) is 2.48. The quantitative estimate of drug-likeness (QED) is 0.516. The molecule has 2 aromatic carbocycles. The van der Waals surface area contributed by atoms with Gasteiger partial charge < -0.3 is 5.32 Å². The molecule has 1 amide bonds. The van der Waals surface area contributed by atoms with Gasteiger partial charge in [0.2, 0.25) is 15.9 Å². The molecular weight excluding hydrogens is 412 g/mol. The highest BCUT2D eigenvalue weighted by molar-refractivity contribution is 7.89. The summed E-state index contributed by atoms with van der Waals surface area (Å²) in [7, 11) is -4.38. The van der Waals surface area contributed by atoms with Gasteiger partial charge in [0.05, 0.1) is 17.0 Å². The normalized spacial score (nSPS) is 12.0. The van der Waals surface area contributed by atoms with Crippen molar-refractivity contribution in [2.24, 2.45) is 0 Å². The van der Waals surface area contributed by atoms with Crippen LogP contribution in [0.3, 0.4) is 0 Å². The minimum absolute atomic E-state index is 0.0324. The number of hydrogen-bond acceptors (Lipinski definition) is 3. The van der Waals surface area contributed by atoms with E-state index in [4.69, 9.17) is 0 Å². The van der Waals surface area contributed by atoms with Crippen LogP contribution in [0, 0.1) is 5.82 Å². The van der Waals surface area contributed by atoms with Gasteiger partial charge in [0, 0.05) is 13.1 Å². The van der Waals surface area contributed by atoms with Crippen molar-refractivity contribution < 1.29 is 30.8 Å². The van der Waals surface area contributed by atoms with E-state index in [9.17, 15) is 30.8 Å². The van der Waals surface area contributed by atoms with Gasteiger partial charge in [-0.25, -0.2) is 12.8 Å². The molecule has 0 aromatic heterocycles. The number of benzene rings is 2. The average molecular weight is 430 g/mol. The third-order valence-electron chi connectivity index (χ3n) is 3.85. The summed E-state index contributed by atoms with van der Waals surface area (Å²) < 4.78 is 77.8. The summed E-state index contributed by atoms with van der Waals surface area (Å²) in [6.45, 7) is 2.56. The Morgan fingerprint density at radius 3 is 2.38 bits per heavy atom. The fourth-order valence-corrected chi connectivity index (χ4v) is 3.81. The Hall–Kier alpha value is -2.72. The van der Waals surface area contributed by atoms with Crippen molar-refractivity contribution in [3.8, 4) is 0 Å². The van der Waals surface area contributed by atoms with Crippen molar-refractivity contribution in [2.75, 3.05) is 13.1 Å². The van der Waals surface area contributed by atoms with Crippen LogP contribution in [0.5, 0.6) is 0 Å². The summed E-state index contributed by atoms with van der Waals surface area (Å²) in [4.78, 5) is 11.6. The smallest absolute Gasteiger partial charge is 0.351 e. The fourth-order valence-electron chi connectivity index (χ4n) is 2.39. The minimum atomic E-state index is -4.71. The highest BCUT2D eigenvalue weighted by Gasteiger charge is 2.33. The molecule has 0 saturated carbocycles. The van der Waals surface area contributed by atoms with Crippen LogP contribution in [0.2, 0.25) is 0 Å². The van der Waals surface area contributed by atoms with Gasteiger partial charge in [-0.3, -0.25) is 4.79 Å². The van der Waals surface area contributed by atoms with E-state index >= 15 is 0 Å². The van der Waals surface area contributed by atoms with Gasteiger partial charge in [-0.2, -0.15) is 17.5 Å². The predicted molar refractivity (Wildman–Crippen MR) is 98.6 cm³/mol. The number of rotatable bonds is 8. The lowest BCUT2D eigenvalue weighted by Gasteiger charge is -2.21. The van der Waals surface area contributed by atoms with E-state index in [0.29, 0.717) is 11.6 Å². The maximum atomic E-state index is 12.9. The van der Waals surface area contributed by atoms with Crippen molar-refractivity contribution in [3.63, 3.8) is 0 Å². The molecule has 0 spiro atoms. The summed E-state index contributed by atoms with van der Waals surface area (Å²) in [5.41, 5.74) is -0.520. The van der Waals surface area contributed by atoms with E-state index < -0.39 is 44.9 Å². The Labute approximate surface area is 165 Å². The Kier molecular flexibility index (Phi) is 7.15. The van der Waals surface area contributed by atoms with E-state index in [1.165, 1.54) is 30.3 Å². The first-order valence-electron chi connectivity index (χ1n) is 8.33. The second-order valence-corrected chi connectivity index (χ2v) is 7.95. The Morgan fingerprint density at radius 2 is 1.79 bits per heavy atom. The number of halogens is 4. The van der Waals surface area contributed by atoms with Crippen molar-refractivity contribution in [3.05, 3.63) is 78.1 Å². The molecule has 0 aliphatic carbocycles. The molecule has 0 heterocycles. The van der Waals surface area contributed by atoms with Crippen molar-refractivity contribution in [1.82, 2.24) is 9.62 Å². The SMILES string of the molecule is C=CCN(CC(=O)NCc1ccc(F)cc1)S(=O)(=O)c1cccc(C(F)(F)F)c1. The molecular formula is C19H18F4N2O3S. The van der Waals surface area contributed by atoms with Gasteiger partial charge >= 0.3 is 6.18 Å². The summed E-state index contributed by atoms with van der Waals surface area (Å²) in [6, 6.07) is 8.61. The zero-order valence-corrected chi connectivity index (χ0v) is 15.9. The molecule has 10 heteroatoms. The molecule has 0 aliphatic rings. The molecule has 156 valence electrons. The lowest BCUT2D eigenvalue weighted by molar-refractivity contribution is -0.137. The number of carbonyl (C=O) groups is 1. The van der Waals surface area contributed by atoms with E-state index in [2.05, 4.69) is 11.9 Å². The largest absolute Gasteiger partial charge is 0.416 e. The lowest BCUT2D eigenvalue weighted by atomic mass is 10.2.